The number of carboxylic acids is 1. The number of phenolic OH excluding ortho intramolecular Hbond substituents is 1. The first-order valence-corrected chi connectivity index (χ1v) is 6.35. The zero-order valence-electron chi connectivity index (χ0n) is 11.1. The molecular formula is C14H16FNO4. The number of phenols is 1. The maximum absolute atomic E-state index is 13.6. The third-order valence-corrected chi connectivity index (χ3v) is 3.85. The van der Waals surface area contributed by atoms with Gasteiger partial charge in [-0.2, -0.15) is 0 Å². The number of carboxylic acid groups (broad SMARTS) is 1. The quantitative estimate of drug-likeness (QED) is 0.867. The fraction of sp³-hybridized carbons (Fsp3) is 0.429. The van der Waals surface area contributed by atoms with Crippen molar-refractivity contribution in [2.45, 2.75) is 19.8 Å². The average Bonchev–Trinajstić information content (AvgIpc) is 2.38. The summed E-state index contributed by atoms with van der Waals surface area (Å²) in [5.41, 5.74) is -0.939. The van der Waals surface area contributed by atoms with E-state index in [-0.39, 0.29) is 24.4 Å². The van der Waals surface area contributed by atoms with Gasteiger partial charge in [0.15, 0.2) is 0 Å². The number of aromatic hydroxyl groups is 1. The molecule has 1 aliphatic rings. The summed E-state index contributed by atoms with van der Waals surface area (Å²) in [5, 5.41) is 18.3. The van der Waals surface area contributed by atoms with Crippen LogP contribution in [-0.2, 0) is 4.79 Å². The maximum Gasteiger partial charge on any atom is 0.309 e. The monoisotopic (exact) mass is 281 g/mol. The summed E-state index contributed by atoms with van der Waals surface area (Å²) in [4.78, 5) is 24.7. The van der Waals surface area contributed by atoms with Crippen LogP contribution in [0.15, 0.2) is 18.2 Å². The molecule has 0 spiro atoms. The molecule has 6 heteroatoms. The Balaban J connectivity index is 2.11. The van der Waals surface area contributed by atoms with Crippen LogP contribution in [0.3, 0.4) is 0 Å². The van der Waals surface area contributed by atoms with Crippen LogP contribution in [0.25, 0.3) is 0 Å². The van der Waals surface area contributed by atoms with E-state index in [1.807, 2.05) is 0 Å². The zero-order valence-corrected chi connectivity index (χ0v) is 11.1. The topological polar surface area (TPSA) is 77.8 Å². The van der Waals surface area contributed by atoms with E-state index in [1.54, 1.807) is 6.92 Å². The van der Waals surface area contributed by atoms with Gasteiger partial charge in [0, 0.05) is 19.2 Å². The van der Waals surface area contributed by atoms with Crippen molar-refractivity contribution < 1.29 is 24.2 Å². The second kappa shape index (κ2) is 5.11. The van der Waals surface area contributed by atoms with E-state index >= 15 is 0 Å². The zero-order chi connectivity index (χ0) is 14.9. The smallest absolute Gasteiger partial charge is 0.309 e. The summed E-state index contributed by atoms with van der Waals surface area (Å²) < 4.78 is 13.6. The lowest BCUT2D eigenvalue weighted by Gasteiger charge is -2.36. The van der Waals surface area contributed by atoms with Gasteiger partial charge in [-0.05, 0) is 31.9 Å². The lowest BCUT2D eigenvalue weighted by molar-refractivity contribution is -0.150. The molecule has 1 heterocycles. The van der Waals surface area contributed by atoms with Gasteiger partial charge in [0.05, 0.1) is 11.0 Å². The predicted molar refractivity (Wildman–Crippen MR) is 68.9 cm³/mol. The van der Waals surface area contributed by atoms with E-state index in [4.69, 9.17) is 10.2 Å². The largest absolute Gasteiger partial charge is 0.508 e. The first-order valence-electron chi connectivity index (χ1n) is 6.35. The van der Waals surface area contributed by atoms with Gasteiger partial charge in [0.25, 0.3) is 5.91 Å². The summed E-state index contributed by atoms with van der Waals surface area (Å²) in [7, 11) is 0. The molecular weight excluding hydrogens is 265 g/mol. The van der Waals surface area contributed by atoms with Crippen molar-refractivity contribution in [3.05, 3.63) is 29.6 Å². The third-order valence-electron chi connectivity index (χ3n) is 3.85. The lowest BCUT2D eigenvalue weighted by atomic mass is 9.80. The maximum atomic E-state index is 13.6. The highest BCUT2D eigenvalue weighted by Crippen LogP contribution is 2.31. The van der Waals surface area contributed by atoms with Crippen LogP contribution in [0.2, 0.25) is 0 Å². The molecule has 0 aliphatic carbocycles. The molecule has 1 fully saturated rings. The highest BCUT2D eigenvalue weighted by Gasteiger charge is 2.38. The second-order valence-electron chi connectivity index (χ2n) is 5.32. The summed E-state index contributed by atoms with van der Waals surface area (Å²) >= 11 is 0. The molecule has 0 aromatic heterocycles. The molecule has 0 saturated carbocycles. The minimum absolute atomic E-state index is 0.110. The highest BCUT2D eigenvalue weighted by atomic mass is 19.1. The minimum Gasteiger partial charge on any atom is -0.508 e. The molecule has 20 heavy (non-hydrogen) atoms. The predicted octanol–water partition coefficient (Wildman–Crippen LogP) is 1.86. The fourth-order valence-electron chi connectivity index (χ4n) is 2.27. The van der Waals surface area contributed by atoms with Crippen LogP contribution in [-0.4, -0.2) is 40.1 Å². The van der Waals surface area contributed by atoms with Crippen molar-refractivity contribution in [3.63, 3.8) is 0 Å². The molecule has 1 amide bonds. The second-order valence-corrected chi connectivity index (χ2v) is 5.32. The Morgan fingerprint density at radius 1 is 1.30 bits per heavy atom. The number of benzene rings is 1. The molecule has 1 aromatic rings. The van der Waals surface area contributed by atoms with Crippen molar-refractivity contribution in [2.75, 3.05) is 13.1 Å². The van der Waals surface area contributed by atoms with Crippen molar-refractivity contribution in [3.8, 4) is 5.75 Å². The summed E-state index contributed by atoms with van der Waals surface area (Å²) in [6, 6.07) is 3.37. The molecule has 0 bridgehead atoms. The molecule has 2 rings (SSSR count). The number of rotatable bonds is 2. The molecule has 5 nitrogen and oxygen atoms in total. The van der Waals surface area contributed by atoms with E-state index in [2.05, 4.69) is 0 Å². The van der Waals surface area contributed by atoms with Gasteiger partial charge in [-0.25, -0.2) is 4.39 Å². The number of piperidine rings is 1. The number of amides is 1. The van der Waals surface area contributed by atoms with Crippen LogP contribution in [0, 0.1) is 11.2 Å². The van der Waals surface area contributed by atoms with Crippen molar-refractivity contribution in [1.82, 2.24) is 4.90 Å². The Bertz CT molecular complexity index is 550. The SMILES string of the molecule is CC1(C(=O)O)CCN(C(=O)c2ccc(O)cc2F)CC1. The molecule has 1 saturated heterocycles. The van der Waals surface area contributed by atoms with Crippen LogP contribution >= 0.6 is 0 Å². The molecule has 108 valence electrons. The minimum atomic E-state index is -0.875. The summed E-state index contributed by atoms with van der Waals surface area (Å²) in [6.45, 7) is 2.21. The number of aliphatic carboxylic acids is 1. The first kappa shape index (κ1) is 14.3. The normalized spacial score (nSPS) is 17.8. The molecule has 1 aliphatic heterocycles. The lowest BCUT2D eigenvalue weighted by Crippen LogP contribution is -2.45. The van der Waals surface area contributed by atoms with Crippen molar-refractivity contribution >= 4 is 11.9 Å². The van der Waals surface area contributed by atoms with Crippen molar-refractivity contribution in [2.24, 2.45) is 5.41 Å². The summed E-state index contributed by atoms with van der Waals surface area (Å²) in [6.07, 6.45) is 0.682. The van der Waals surface area contributed by atoms with Crippen LogP contribution in [0.4, 0.5) is 4.39 Å². The van der Waals surface area contributed by atoms with Crippen LogP contribution < -0.4 is 0 Å². The molecule has 0 unspecified atom stereocenters. The Morgan fingerprint density at radius 2 is 1.90 bits per heavy atom. The Labute approximate surface area is 115 Å². The molecule has 2 N–H and O–H groups in total. The third kappa shape index (κ3) is 2.59. The van der Waals surface area contributed by atoms with E-state index in [0.29, 0.717) is 12.8 Å². The Hall–Kier alpha value is -2.11. The number of halogens is 1. The number of carbonyl (C=O) groups excluding carboxylic acids is 1. The average molecular weight is 281 g/mol. The number of hydrogen-bond acceptors (Lipinski definition) is 3. The van der Waals surface area contributed by atoms with E-state index < -0.39 is 23.1 Å². The van der Waals surface area contributed by atoms with Gasteiger partial charge in [-0.3, -0.25) is 9.59 Å². The van der Waals surface area contributed by atoms with Gasteiger partial charge in [-0.1, -0.05) is 0 Å². The fourth-order valence-corrected chi connectivity index (χ4v) is 2.27. The first-order chi connectivity index (χ1) is 9.33. The van der Waals surface area contributed by atoms with E-state index in [1.165, 1.54) is 17.0 Å². The van der Waals surface area contributed by atoms with Crippen LogP contribution in [0.5, 0.6) is 5.75 Å². The number of nitrogens with zero attached hydrogens (tertiary/aromatic N) is 1. The van der Waals surface area contributed by atoms with E-state index in [9.17, 15) is 14.0 Å². The molecule has 1 aromatic carbocycles. The molecule has 0 atom stereocenters. The summed E-state index contributed by atoms with van der Waals surface area (Å²) in [5.74, 6) is -2.37. The molecule has 0 radical (unpaired) electrons. The Kier molecular flexibility index (Phi) is 3.65. The standard InChI is InChI=1S/C14H16FNO4/c1-14(13(19)20)4-6-16(7-5-14)12(18)10-3-2-9(17)8-11(10)15/h2-3,8,17H,4-7H2,1H3,(H,19,20). The number of likely N-dealkylation sites (tertiary alicyclic amines) is 1. The van der Waals surface area contributed by atoms with Gasteiger partial charge in [0.1, 0.15) is 11.6 Å². The van der Waals surface area contributed by atoms with Gasteiger partial charge in [-0.15, -0.1) is 0 Å². The van der Waals surface area contributed by atoms with Gasteiger partial charge < -0.3 is 15.1 Å². The van der Waals surface area contributed by atoms with E-state index in [0.717, 1.165) is 6.07 Å². The van der Waals surface area contributed by atoms with Crippen molar-refractivity contribution in [1.29, 1.82) is 0 Å². The number of carbonyl (C=O) groups is 2. The number of hydrogen-bond donors (Lipinski definition) is 2. The highest BCUT2D eigenvalue weighted by molar-refractivity contribution is 5.94. The van der Waals surface area contributed by atoms with Crippen LogP contribution in [0.1, 0.15) is 30.1 Å². The Morgan fingerprint density at radius 3 is 2.40 bits per heavy atom. The van der Waals surface area contributed by atoms with Gasteiger partial charge in [0.2, 0.25) is 0 Å². The van der Waals surface area contributed by atoms with Gasteiger partial charge >= 0.3 is 5.97 Å².